The molecule has 1 saturated heterocycles. The van der Waals surface area contributed by atoms with Crippen LogP contribution in [0.1, 0.15) is 19.5 Å². The normalized spacial score (nSPS) is 20.5. The number of nitrogen functional groups attached to an aromatic ring is 1. The zero-order chi connectivity index (χ0) is 10.2. The summed E-state index contributed by atoms with van der Waals surface area (Å²) in [5, 5.41) is 4.91. The van der Waals surface area contributed by atoms with E-state index in [0.717, 1.165) is 30.3 Å². The van der Waals surface area contributed by atoms with Gasteiger partial charge in [-0.1, -0.05) is 18.3 Å². The minimum atomic E-state index is 0.458. The Kier molecular flexibility index (Phi) is 2.42. The van der Waals surface area contributed by atoms with Gasteiger partial charge in [-0.15, -0.1) is 5.10 Å². The van der Waals surface area contributed by atoms with Gasteiger partial charge in [0, 0.05) is 31.2 Å². The van der Waals surface area contributed by atoms with Crippen LogP contribution in [0.3, 0.4) is 0 Å². The number of nitrogens with two attached hydrogens (primary N) is 1. The number of nitrogens with one attached hydrogen (secondary N) is 1. The summed E-state index contributed by atoms with van der Waals surface area (Å²) < 4.78 is 3.86. The molecule has 0 radical (unpaired) electrons. The molecule has 0 atom stereocenters. The molecule has 3 N–H and O–H groups in total. The molecule has 6 heteroatoms. The van der Waals surface area contributed by atoms with Crippen molar-refractivity contribution in [3.8, 4) is 0 Å². The first-order valence-electron chi connectivity index (χ1n) is 4.61. The van der Waals surface area contributed by atoms with Gasteiger partial charge in [0.25, 0.3) is 0 Å². The van der Waals surface area contributed by atoms with E-state index in [2.05, 4.69) is 33.8 Å². The Morgan fingerprint density at radius 2 is 2.29 bits per heavy atom. The van der Waals surface area contributed by atoms with Crippen LogP contribution < -0.4 is 11.3 Å². The molecule has 0 spiro atoms. The highest BCUT2D eigenvalue weighted by molar-refractivity contribution is 7.10. The maximum atomic E-state index is 5.35. The van der Waals surface area contributed by atoms with Gasteiger partial charge < -0.3 is 5.43 Å². The number of hydrogen-bond acceptors (Lipinski definition) is 6. The summed E-state index contributed by atoms with van der Waals surface area (Å²) in [7, 11) is 0. The molecule has 1 aromatic rings. The highest BCUT2D eigenvalue weighted by Gasteiger charge is 2.34. The lowest BCUT2D eigenvalue weighted by atomic mass is 9.84. The second kappa shape index (κ2) is 3.45. The van der Waals surface area contributed by atoms with Crippen LogP contribution in [-0.4, -0.2) is 27.6 Å². The van der Waals surface area contributed by atoms with E-state index < -0.39 is 0 Å². The number of hydrazine groups is 1. The van der Waals surface area contributed by atoms with Gasteiger partial charge in [-0.2, -0.15) is 0 Å². The molecule has 0 aliphatic carbocycles. The quantitative estimate of drug-likeness (QED) is 0.570. The molecule has 1 aliphatic rings. The van der Waals surface area contributed by atoms with Gasteiger partial charge in [-0.3, -0.25) is 4.90 Å². The molecule has 0 saturated carbocycles. The third kappa shape index (κ3) is 1.87. The van der Waals surface area contributed by atoms with Gasteiger partial charge in [0.2, 0.25) is 0 Å². The highest BCUT2D eigenvalue weighted by atomic mass is 32.1. The zero-order valence-corrected chi connectivity index (χ0v) is 9.27. The fraction of sp³-hybridized carbons (Fsp3) is 0.750. The Hall–Kier alpha value is -0.720. The lowest BCUT2D eigenvalue weighted by Crippen LogP contribution is -2.52. The monoisotopic (exact) mass is 213 g/mol. The van der Waals surface area contributed by atoms with Gasteiger partial charge in [0.05, 0.1) is 0 Å². The number of likely N-dealkylation sites (tertiary alicyclic amines) is 1. The average molecular weight is 213 g/mol. The first-order chi connectivity index (χ1) is 6.61. The van der Waals surface area contributed by atoms with E-state index in [1.165, 1.54) is 11.5 Å². The topological polar surface area (TPSA) is 67.1 Å². The van der Waals surface area contributed by atoms with Crippen molar-refractivity contribution in [3.05, 3.63) is 5.69 Å². The Labute approximate surface area is 87.4 Å². The fourth-order valence-corrected chi connectivity index (χ4v) is 2.39. The first kappa shape index (κ1) is 9.82. The van der Waals surface area contributed by atoms with Gasteiger partial charge in [-0.25, -0.2) is 5.84 Å². The van der Waals surface area contributed by atoms with Crippen LogP contribution in [0.2, 0.25) is 0 Å². The van der Waals surface area contributed by atoms with Gasteiger partial charge in [0.15, 0.2) is 0 Å². The minimum Gasteiger partial charge on any atom is -0.313 e. The maximum Gasteiger partial charge on any atom is 0.148 e. The zero-order valence-electron chi connectivity index (χ0n) is 8.45. The standard InChI is InChI=1S/C8H15N5S/c1-8(2)4-13(5-8)3-6-7(10-9)14-12-11-6/h10H,3-5,9H2,1-2H3. The Morgan fingerprint density at radius 1 is 1.57 bits per heavy atom. The summed E-state index contributed by atoms with van der Waals surface area (Å²) in [4.78, 5) is 2.34. The molecule has 5 nitrogen and oxygen atoms in total. The SMILES string of the molecule is CC1(C)CN(Cc2nnsc2NN)C1. The Bertz CT molecular complexity index is 313. The highest BCUT2D eigenvalue weighted by Crippen LogP contribution is 2.31. The predicted molar refractivity (Wildman–Crippen MR) is 56.8 cm³/mol. The van der Waals surface area contributed by atoms with Gasteiger partial charge >= 0.3 is 0 Å². The van der Waals surface area contributed by atoms with Gasteiger partial charge in [0.1, 0.15) is 10.7 Å². The van der Waals surface area contributed by atoms with E-state index in [9.17, 15) is 0 Å². The summed E-state index contributed by atoms with van der Waals surface area (Å²) in [5.74, 6) is 5.35. The van der Waals surface area contributed by atoms with E-state index in [-0.39, 0.29) is 0 Å². The van der Waals surface area contributed by atoms with E-state index in [4.69, 9.17) is 5.84 Å². The molecule has 2 heterocycles. The van der Waals surface area contributed by atoms with Crippen LogP contribution in [0.15, 0.2) is 0 Å². The first-order valence-corrected chi connectivity index (χ1v) is 5.38. The molecule has 0 amide bonds. The van der Waals surface area contributed by atoms with E-state index in [1.807, 2.05) is 0 Å². The Morgan fingerprint density at radius 3 is 2.86 bits per heavy atom. The van der Waals surface area contributed by atoms with Crippen molar-refractivity contribution in [2.75, 3.05) is 18.5 Å². The molecule has 14 heavy (non-hydrogen) atoms. The van der Waals surface area contributed by atoms with Crippen molar-refractivity contribution in [2.45, 2.75) is 20.4 Å². The van der Waals surface area contributed by atoms with Crippen LogP contribution in [0.5, 0.6) is 0 Å². The van der Waals surface area contributed by atoms with Crippen molar-refractivity contribution < 1.29 is 0 Å². The molecule has 0 aromatic carbocycles. The lowest BCUT2D eigenvalue weighted by molar-refractivity contribution is 0.0234. The molecule has 0 unspecified atom stereocenters. The second-order valence-electron chi connectivity index (χ2n) is 4.50. The van der Waals surface area contributed by atoms with Crippen LogP contribution in [0.4, 0.5) is 5.00 Å². The summed E-state index contributed by atoms with van der Waals surface area (Å²) in [6.45, 7) is 7.62. The molecular weight excluding hydrogens is 198 g/mol. The van der Waals surface area contributed by atoms with Crippen LogP contribution in [0.25, 0.3) is 0 Å². The number of hydrogen-bond donors (Lipinski definition) is 2. The van der Waals surface area contributed by atoms with E-state index >= 15 is 0 Å². The fourth-order valence-electron chi connectivity index (χ4n) is 1.91. The second-order valence-corrected chi connectivity index (χ2v) is 5.26. The summed E-state index contributed by atoms with van der Waals surface area (Å²) in [6, 6.07) is 0. The lowest BCUT2D eigenvalue weighted by Gasteiger charge is -2.45. The van der Waals surface area contributed by atoms with Gasteiger partial charge in [-0.05, 0) is 5.41 Å². The van der Waals surface area contributed by atoms with Crippen molar-refractivity contribution in [2.24, 2.45) is 11.3 Å². The van der Waals surface area contributed by atoms with Crippen LogP contribution in [-0.2, 0) is 6.54 Å². The molecular formula is C8H15N5S. The molecule has 1 aromatic heterocycles. The van der Waals surface area contributed by atoms with Crippen molar-refractivity contribution in [1.29, 1.82) is 0 Å². The Balaban J connectivity index is 1.93. The minimum absolute atomic E-state index is 0.458. The molecule has 78 valence electrons. The van der Waals surface area contributed by atoms with Crippen molar-refractivity contribution >= 4 is 16.5 Å². The average Bonchev–Trinajstić information content (AvgIpc) is 2.48. The molecule has 1 fully saturated rings. The van der Waals surface area contributed by atoms with Crippen LogP contribution in [0, 0.1) is 5.41 Å². The van der Waals surface area contributed by atoms with E-state index in [0.29, 0.717) is 5.41 Å². The number of anilines is 1. The number of rotatable bonds is 3. The number of aromatic nitrogens is 2. The largest absolute Gasteiger partial charge is 0.313 e. The third-order valence-electron chi connectivity index (χ3n) is 2.36. The smallest absolute Gasteiger partial charge is 0.148 e. The summed E-state index contributed by atoms with van der Waals surface area (Å²) in [5.41, 5.74) is 4.03. The summed E-state index contributed by atoms with van der Waals surface area (Å²) >= 11 is 1.30. The van der Waals surface area contributed by atoms with Crippen LogP contribution >= 0.6 is 11.5 Å². The summed E-state index contributed by atoms with van der Waals surface area (Å²) in [6.07, 6.45) is 0. The molecule has 2 rings (SSSR count). The van der Waals surface area contributed by atoms with Crippen molar-refractivity contribution in [1.82, 2.24) is 14.5 Å². The van der Waals surface area contributed by atoms with Crippen molar-refractivity contribution in [3.63, 3.8) is 0 Å². The molecule has 1 aliphatic heterocycles. The predicted octanol–water partition coefficient (Wildman–Crippen LogP) is 0.665. The molecule has 0 bridgehead atoms. The number of nitrogens with zero attached hydrogens (tertiary/aromatic N) is 3. The van der Waals surface area contributed by atoms with E-state index in [1.54, 1.807) is 0 Å². The third-order valence-corrected chi connectivity index (χ3v) is 3.06. The maximum absolute atomic E-state index is 5.35.